The Kier molecular flexibility index (Phi) is 2.84. The molecule has 2 aromatic rings. The minimum Gasteiger partial charge on any atom is -0.328 e. The second-order valence-corrected chi connectivity index (χ2v) is 3.34. The zero-order valence-corrected chi connectivity index (χ0v) is 8.73. The van der Waals surface area contributed by atoms with Crippen LogP contribution in [0.25, 0.3) is 11.4 Å². The molecule has 0 unspecified atom stereocenters. The van der Waals surface area contributed by atoms with Gasteiger partial charge in [-0.2, -0.15) is 4.98 Å². The molecule has 82 valence electrons. The lowest BCUT2D eigenvalue weighted by Crippen LogP contribution is -2.30. The number of halogens is 1. The molecule has 0 bridgehead atoms. The van der Waals surface area contributed by atoms with Gasteiger partial charge in [-0.15, -0.1) is 0 Å². The minimum atomic E-state index is -0.632. The predicted molar refractivity (Wildman–Crippen MR) is 56.4 cm³/mol. The van der Waals surface area contributed by atoms with Crippen molar-refractivity contribution >= 4 is 17.5 Å². The summed E-state index contributed by atoms with van der Waals surface area (Å²) in [5, 5.41) is 4.24. The number of hydrogen-bond donors (Lipinski definition) is 2. The summed E-state index contributed by atoms with van der Waals surface area (Å²) in [5.74, 6) is 4.41. The molecule has 3 N–H and O–H groups in total. The Labute approximate surface area is 95.4 Å². The molecule has 16 heavy (non-hydrogen) atoms. The molecule has 0 spiro atoms. The Morgan fingerprint density at radius 3 is 2.69 bits per heavy atom. The number of aromatic nitrogens is 2. The smallest absolute Gasteiger partial charge is 0.323 e. The number of carbonyl (C=O) groups excluding carboxylic acids is 1. The zero-order valence-electron chi connectivity index (χ0n) is 7.98. The number of nitrogen functional groups attached to an aromatic ring is 1. The van der Waals surface area contributed by atoms with E-state index in [9.17, 15) is 4.79 Å². The Balaban J connectivity index is 2.31. The van der Waals surface area contributed by atoms with Crippen LogP contribution < -0.4 is 11.3 Å². The normalized spacial score (nSPS) is 10.1. The van der Waals surface area contributed by atoms with Crippen molar-refractivity contribution in [1.82, 2.24) is 15.6 Å². The third-order valence-corrected chi connectivity index (χ3v) is 2.11. The van der Waals surface area contributed by atoms with Crippen molar-refractivity contribution in [2.45, 2.75) is 0 Å². The Morgan fingerprint density at radius 1 is 1.38 bits per heavy atom. The summed E-state index contributed by atoms with van der Waals surface area (Å²) in [6, 6.07) is 6.82. The van der Waals surface area contributed by atoms with Gasteiger partial charge in [-0.25, -0.2) is 5.84 Å². The molecule has 0 aliphatic carbocycles. The average Bonchev–Trinajstić information content (AvgIpc) is 2.78. The fourth-order valence-electron chi connectivity index (χ4n) is 1.09. The van der Waals surface area contributed by atoms with Crippen molar-refractivity contribution in [3.05, 3.63) is 35.2 Å². The van der Waals surface area contributed by atoms with Crippen molar-refractivity contribution in [2.75, 3.05) is 0 Å². The standard InChI is InChI=1S/C9H7ClN4O2/c10-6-3-1-5(2-4-6)7-12-9(16-14-7)8(15)13-11/h1-4H,11H2,(H,13,15). The van der Waals surface area contributed by atoms with Crippen molar-refractivity contribution in [2.24, 2.45) is 5.84 Å². The topological polar surface area (TPSA) is 94.0 Å². The maximum Gasteiger partial charge on any atom is 0.323 e. The third-order valence-electron chi connectivity index (χ3n) is 1.85. The average molecular weight is 239 g/mol. The number of nitrogens with two attached hydrogens (primary N) is 1. The van der Waals surface area contributed by atoms with Gasteiger partial charge < -0.3 is 4.52 Å². The van der Waals surface area contributed by atoms with Gasteiger partial charge in [-0.05, 0) is 24.3 Å². The van der Waals surface area contributed by atoms with Crippen LogP contribution in [0, 0.1) is 0 Å². The second-order valence-electron chi connectivity index (χ2n) is 2.90. The van der Waals surface area contributed by atoms with Gasteiger partial charge in [0.05, 0.1) is 0 Å². The van der Waals surface area contributed by atoms with Crippen LogP contribution in [0.3, 0.4) is 0 Å². The molecule has 1 amide bonds. The first-order valence-electron chi connectivity index (χ1n) is 4.31. The van der Waals surface area contributed by atoms with E-state index in [4.69, 9.17) is 22.0 Å². The summed E-state index contributed by atoms with van der Waals surface area (Å²) in [6.07, 6.45) is 0. The van der Waals surface area contributed by atoms with Crippen LogP contribution in [-0.2, 0) is 0 Å². The highest BCUT2D eigenvalue weighted by atomic mass is 35.5. The number of hydrazine groups is 1. The maximum absolute atomic E-state index is 11.1. The highest BCUT2D eigenvalue weighted by Gasteiger charge is 2.14. The number of benzene rings is 1. The van der Waals surface area contributed by atoms with Crippen LogP contribution in [0.5, 0.6) is 0 Å². The van der Waals surface area contributed by atoms with Gasteiger partial charge in [0.2, 0.25) is 5.82 Å². The molecule has 0 aliphatic heterocycles. The molecular formula is C9H7ClN4O2. The van der Waals surface area contributed by atoms with Crippen LogP contribution in [-0.4, -0.2) is 16.0 Å². The van der Waals surface area contributed by atoms with Gasteiger partial charge in [0, 0.05) is 10.6 Å². The molecule has 6 nitrogen and oxygen atoms in total. The van der Waals surface area contributed by atoms with Crippen LogP contribution >= 0.6 is 11.6 Å². The monoisotopic (exact) mass is 238 g/mol. The quantitative estimate of drug-likeness (QED) is 0.462. The van der Waals surface area contributed by atoms with E-state index >= 15 is 0 Å². The minimum absolute atomic E-state index is 0.188. The molecule has 1 aromatic carbocycles. The number of nitrogens with one attached hydrogen (secondary N) is 1. The van der Waals surface area contributed by atoms with E-state index in [2.05, 4.69) is 10.1 Å². The summed E-state index contributed by atoms with van der Waals surface area (Å²) < 4.78 is 4.72. The van der Waals surface area contributed by atoms with Crippen LogP contribution in [0.2, 0.25) is 5.02 Å². The molecule has 0 atom stereocenters. The van der Waals surface area contributed by atoms with E-state index in [1.54, 1.807) is 24.3 Å². The number of nitrogens with zero attached hydrogens (tertiary/aromatic N) is 2. The molecule has 7 heteroatoms. The van der Waals surface area contributed by atoms with E-state index < -0.39 is 5.91 Å². The van der Waals surface area contributed by atoms with Crippen molar-refractivity contribution in [3.8, 4) is 11.4 Å². The summed E-state index contributed by atoms with van der Waals surface area (Å²) in [7, 11) is 0. The number of amides is 1. The lowest BCUT2D eigenvalue weighted by atomic mass is 10.2. The summed E-state index contributed by atoms with van der Waals surface area (Å²) >= 11 is 5.73. The van der Waals surface area contributed by atoms with Gasteiger partial charge in [-0.1, -0.05) is 16.8 Å². The lowest BCUT2D eigenvalue weighted by Gasteiger charge is -1.93. The van der Waals surface area contributed by atoms with E-state index in [0.717, 1.165) is 0 Å². The van der Waals surface area contributed by atoms with Gasteiger partial charge >= 0.3 is 11.8 Å². The molecule has 2 rings (SSSR count). The van der Waals surface area contributed by atoms with Gasteiger partial charge in [0.25, 0.3) is 0 Å². The third kappa shape index (κ3) is 2.02. The highest BCUT2D eigenvalue weighted by molar-refractivity contribution is 6.30. The number of rotatable bonds is 2. The molecular weight excluding hydrogens is 232 g/mol. The molecule has 1 heterocycles. The van der Waals surface area contributed by atoms with E-state index in [0.29, 0.717) is 16.4 Å². The van der Waals surface area contributed by atoms with E-state index in [1.807, 2.05) is 5.43 Å². The van der Waals surface area contributed by atoms with E-state index in [-0.39, 0.29) is 5.89 Å². The van der Waals surface area contributed by atoms with Gasteiger partial charge in [0.1, 0.15) is 0 Å². The molecule has 1 aromatic heterocycles. The maximum atomic E-state index is 11.1. The fraction of sp³-hybridized carbons (Fsp3) is 0. The highest BCUT2D eigenvalue weighted by Crippen LogP contribution is 2.18. The first kappa shape index (κ1) is 10.6. The van der Waals surface area contributed by atoms with E-state index in [1.165, 1.54) is 0 Å². The molecule has 0 aliphatic rings. The Bertz CT molecular complexity index is 508. The number of carbonyl (C=O) groups is 1. The molecule has 0 saturated carbocycles. The molecule has 0 saturated heterocycles. The Morgan fingerprint density at radius 2 is 2.06 bits per heavy atom. The fourth-order valence-corrected chi connectivity index (χ4v) is 1.22. The summed E-state index contributed by atoms with van der Waals surface area (Å²) in [4.78, 5) is 14.9. The van der Waals surface area contributed by atoms with Crippen LogP contribution in [0.1, 0.15) is 10.7 Å². The largest absolute Gasteiger partial charge is 0.328 e. The first-order chi connectivity index (χ1) is 7.70. The van der Waals surface area contributed by atoms with Crippen molar-refractivity contribution in [3.63, 3.8) is 0 Å². The summed E-state index contributed by atoms with van der Waals surface area (Å²) in [6.45, 7) is 0. The first-order valence-corrected chi connectivity index (χ1v) is 4.69. The SMILES string of the molecule is NNC(=O)c1nc(-c2ccc(Cl)cc2)no1. The van der Waals surface area contributed by atoms with Gasteiger partial charge in [0.15, 0.2) is 0 Å². The van der Waals surface area contributed by atoms with Crippen LogP contribution in [0.4, 0.5) is 0 Å². The van der Waals surface area contributed by atoms with Gasteiger partial charge in [-0.3, -0.25) is 10.2 Å². The number of hydrogen-bond acceptors (Lipinski definition) is 5. The second kappa shape index (κ2) is 4.30. The van der Waals surface area contributed by atoms with Crippen molar-refractivity contribution < 1.29 is 9.32 Å². The zero-order chi connectivity index (χ0) is 11.5. The summed E-state index contributed by atoms with van der Waals surface area (Å²) in [5.41, 5.74) is 2.60. The molecule has 0 radical (unpaired) electrons. The lowest BCUT2D eigenvalue weighted by molar-refractivity contribution is 0.0910. The Hall–Kier alpha value is -1.92. The van der Waals surface area contributed by atoms with Crippen molar-refractivity contribution in [1.29, 1.82) is 0 Å². The molecule has 0 fully saturated rings. The van der Waals surface area contributed by atoms with Crippen LogP contribution in [0.15, 0.2) is 28.8 Å². The predicted octanol–water partition coefficient (Wildman–Crippen LogP) is 0.993.